The van der Waals surface area contributed by atoms with Crippen LogP contribution >= 0.6 is 11.6 Å². The fourth-order valence-corrected chi connectivity index (χ4v) is 2.51. The van der Waals surface area contributed by atoms with Crippen molar-refractivity contribution in [2.45, 2.75) is 31.8 Å². The number of nitrogens with zero attached hydrogens (tertiary/aromatic N) is 3. The molecule has 19 heavy (non-hydrogen) atoms. The zero-order valence-electron chi connectivity index (χ0n) is 10.7. The molecule has 0 amide bonds. The lowest BCUT2D eigenvalue weighted by molar-refractivity contribution is -0.385. The fraction of sp³-hybridized carbons (Fsp3) is 0.583. The highest BCUT2D eigenvalue weighted by atomic mass is 35.5. The van der Waals surface area contributed by atoms with Crippen LogP contribution < -0.4 is 4.90 Å². The topological polar surface area (TPSA) is 79.5 Å². The Labute approximate surface area is 116 Å². The summed E-state index contributed by atoms with van der Waals surface area (Å²) in [6, 6.07) is 1.31. The maximum Gasteiger partial charge on any atom is 0.289 e. The highest BCUT2D eigenvalue weighted by molar-refractivity contribution is 6.33. The van der Waals surface area contributed by atoms with E-state index in [9.17, 15) is 15.2 Å². The number of pyridine rings is 1. The summed E-state index contributed by atoms with van der Waals surface area (Å²) < 4.78 is 0. The van der Waals surface area contributed by atoms with Crippen molar-refractivity contribution in [2.24, 2.45) is 0 Å². The van der Waals surface area contributed by atoms with Crippen molar-refractivity contribution < 1.29 is 10.0 Å². The summed E-state index contributed by atoms with van der Waals surface area (Å²) in [5.74, 6) is 0.546. The maximum atomic E-state index is 10.6. The van der Waals surface area contributed by atoms with E-state index in [-0.39, 0.29) is 10.7 Å². The Morgan fingerprint density at radius 3 is 2.89 bits per heavy atom. The molecule has 0 aliphatic carbocycles. The molecule has 1 saturated heterocycles. The van der Waals surface area contributed by atoms with Crippen molar-refractivity contribution in [2.75, 3.05) is 18.0 Å². The molecule has 2 rings (SSSR count). The van der Waals surface area contributed by atoms with Crippen LogP contribution in [0.2, 0.25) is 5.02 Å². The Balaban J connectivity index is 2.20. The zero-order chi connectivity index (χ0) is 14.0. The van der Waals surface area contributed by atoms with E-state index in [1.807, 2.05) is 11.8 Å². The molecule has 1 unspecified atom stereocenters. The van der Waals surface area contributed by atoms with Gasteiger partial charge in [-0.25, -0.2) is 4.98 Å². The van der Waals surface area contributed by atoms with E-state index in [0.717, 1.165) is 19.4 Å². The fourth-order valence-electron chi connectivity index (χ4n) is 2.23. The smallest absolute Gasteiger partial charge is 0.289 e. The highest BCUT2D eigenvalue weighted by Crippen LogP contribution is 2.30. The van der Waals surface area contributed by atoms with Crippen molar-refractivity contribution in [1.29, 1.82) is 0 Å². The van der Waals surface area contributed by atoms with Gasteiger partial charge in [0.2, 0.25) is 0 Å². The van der Waals surface area contributed by atoms with Crippen LogP contribution in [0.4, 0.5) is 11.5 Å². The molecule has 1 aliphatic heterocycles. The molecule has 7 heteroatoms. The molecule has 1 fully saturated rings. The van der Waals surface area contributed by atoms with Crippen molar-refractivity contribution in [3.8, 4) is 0 Å². The molecule has 0 radical (unpaired) electrons. The van der Waals surface area contributed by atoms with Crippen LogP contribution in [-0.4, -0.2) is 33.7 Å². The van der Waals surface area contributed by atoms with Crippen molar-refractivity contribution in [3.05, 3.63) is 27.4 Å². The predicted molar refractivity (Wildman–Crippen MR) is 72.6 cm³/mol. The first-order valence-electron chi connectivity index (χ1n) is 6.16. The third-order valence-electron chi connectivity index (χ3n) is 3.38. The van der Waals surface area contributed by atoms with Crippen LogP contribution in [0.1, 0.15) is 26.2 Å². The van der Waals surface area contributed by atoms with Crippen molar-refractivity contribution in [3.63, 3.8) is 0 Å². The Morgan fingerprint density at radius 1 is 1.53 bits per heavy atom. The molecule has 0 spiro atoms. The summed E-state index contributed by atoms with van der Waals surface area (Å²) in [6.07, 6.45) is 3.41. The Bertz CT molecular complexity index is 493. The quantitative estimate of drug-likeness (QED) is 0.666. The first-order chi connectivity index (χ1) is 8.89. The third-order valence-corrected chi connectivity index (χ3v) is 3.66. The van der Waals surface area contributed by atoms with Crippen molar-refractivity contribution >= 4 is 23.1 Å². The summed E-state index contributed by atoms with van der Waals surface area (Å²) >= 11 is 6.06. The Morgan fingerprint density at radius 2 is 2.26 bits per heavy atom. The molecule has 1 aromatic heterocycles. The molecule has 0 saturated carbocycles. The van der Waals surface area contributed by atoms with E-state index in [1.54, 1.807) is 0 Å². The molecular formula is C12H16ClN3O3. The number of hydrogen-bond acceptors (Lipinski definition) is 5. The third kappa shape index (κ3) is 3.33. The lowest BCUT2D eigenvalue weighted by Gasteiger charge is -2.23. The normalized spacial score (nSPS) is 24.1. The Hall–Kier alpha value is -1.40. The van der Waals surface area contributed by atoms with E-state index < -0.39 is 10.5 Å². The minimum Gasteiger partial charge on any atom is -0.390 e. The summed E-state index contributed by atoms with van der Waals surface area (Å²) in [4.78, 5) is 16.2. The van der Waals surface area contributed by atoms with Gasteiger partial charge >= 0.3 is 0 Å². The van der Waals surface area contributed by atoms with Gasteiger partial charge in [-0.2, -0.15) is 0 Å². The second-order valence-electron chi connectivity index (χ2n) is 5.09. The lowest BCUT2D eigenvalue weighted by atomic mass is 9.98. The predicted octanol–water partition coefficient (Wildman–Crippen LogP) is 2.38. The van der Waals surface area contributed by atoms with Gasteiger partial charge in [0.05, 0.1) is 15.5 Å². The number of halogens is 1. The molecule has 1 aromatic rings. The van der Waals surface area contributed by atoms with E-state index in [0.29, 0.717) is 18.8 Å². The summed E-state index contributed by atoms with van der Waals surface area (Å²) in [6.45, 7) is 3.19. The maximum absolute atomic E-state index is 10.6. The van der Waals surface area contributed by atoms with Gasteiger partial charge in [-0.1, -0.05) is 11.6 Å². The molecule has 104 valence electrons. The molecule has 0 bridgehead atoms. The summed E-state index contributed by atoms with van der Waals surface area (Å²) in [5, 5.41) is 21.0. The minimum absolute atomic E-state index is 0.115. The van der Waals surface area contributed by atoms with Gasteiger partial charge in [0, 0.05) is 19.2 Å². The van der Waals surface area contributed by atoms with Gasteiger partial charge in [-0.05, 0) is 26.2 Å². The van der Waals surface area contributed by atoms with Gasteiger partial charge in [0.1, 0.15) is 12.0 Å². The number of nitro groups is 1. The SMILES string of the molecule is CC1(O)CCCN(c2ncc([N+](=O)[O-])cc2Cl)CC1. The van der Waals surface area contributed by atoms with Crippen molar-refractivity contribution in [1.82, 2.24) is 4.98 Å². The summed E-state index contributed by atoms with van der Waals surface area (Å²) in [5.41, 5.74) is -0.780. The van der Waals surface area contributed by atoms with Crippen LogP contribution in [0.15, 0.2) is 12.3 Å². The van der Waals surface area contributed by atoms with Crippen LogP contribution in [0.5, 0.6) is 0 Å². The Kier molecular flexibility index (Phi) is 3.91. The number of hydrogen-bond donors (Lipinski definition) is 1. The van der Waals surface area contributed by atoms with Crippen LogP contribution in [0.3, 0.4) is 0 Å². The molecule has 2 heterocycles. The van der Waals surface area contributed by atoms with Crippen LogP contribution in [0, 0.1) is 10.1 Å². The number of aliphatic hydroxyl groups is 1. The van der Waals surface area contributed by atoms with Crippen LogP contribution in [0.25, 0.3) is 0 Å². The second kappa shape index (κ2) is 5.30. The van der Waals surface area contributed by atoms with Gasteiger partial charge in [0.15, 0.2) is 0 Å². The molecule has 6 nitrogen and oxygen atoms in total. The molecule has 1 atom stereocenters. The standard InChI is InChI=1S/C12H16ClN3O3/c1-12(17)3-2-5-15(6-4-12)11-10(13)7-9(8-14-11)16(18)19/h7-8,17H,2-6H2,1H3. The average Bonchev–Trinajstić information content (AvgIpc) is 2.50. The number of anilines is 1. The molecule has 1 N–H and O–H groups in total. The van der Waals surface area contributed by atoms with Gasteiger partial charge < -0.3 is 10.0 Å². The second-order valence-corrected chi connectivity index (χ2v) is 5.50. The van der Waals surface area contributed by atoms with Gasteiger partial charge in [0.25, 0.3) is 5.69 Å². The largest absolute Gasteiger partial charge is 0.390 e. The average molecular weight is 286 g/mol. The molecule has 1 aliphatic rings. The van der Waals surface area contributed by atoms with E-state index >= 15 is 0 Å². The first-order valence-corrected chi connectivity index (χ1v) is 6.54. The van der Waals surface area contributed by atoms with Gasteiger partial charge in [-0.15, -0.1) is 0 Å². The van der Waals surface area contributed by atoms with E-state index in [2.05, 4.69) is 4.98 Å². The summed E-state index contributed by atoms with van der Waals surface area (Å²) in [7, 11) is 0. The van der Waals surface area contributed by atoms with Gasteiger partial charge in [-0.3, -0.25) is 10.1 Å². The molecule has 0 aromatic carbocycles. The number of aromatic nitrogens is 1. The lowest BCUT2D eigenvalue weighted by Crippen LogP contribution is -2.29. The minimum atomic E-state index is -0.665. The van der Waals surface area contributed by atoms with E-state index in [1.165, 1.54) is 12.3 Å². The number of rotatable bonds is 2. The highest BCUT2D eigenvalue weighted by Gasteiger charge is 2.26. The monoisotopic (exact) mass is 285 g/mol. The van der Waals surface area contributed by atoms with E-state index in [4.69, 9.17) is 11.6 Å². The zero-order valence-corrected chi connectivity index (χ0v) is 11.4. The molecular weight excluding hydrogens is 270 g/mol. The van der Waals surface area contributed by atoms with Crippen LogP contribution in [-0.2, 0) is 0 Å². The first kappa shape index (κ1) is 14.0.